The lowest BCUT2D eigenvalue weighted by Crippen LogP contribution is -2.42. The minimum Gasteiger partial charge on any atom is -0.357 e. The molecule has 0 saturated carbocycles. The van der Waals surface area contributed by atoms with E-state index in [1.54, 1.807) is 35.8 Å². The van der Waals surface area contributed by atoms with Crippen molar-refractivity contribution < 1.29 is 14.4 Å². The van der Waals surface area contributed by atoms with Gasteiger partial charge in [0.1, 0.15) is 5.69 Å². The van der Waals surface area contributed by atoms with E-state index < -0.39 is 11.8 Å². The lowest BCUT2D eigenvalue weighted by molar-refractivity contribution is -0.121. The molecule has 3 amide bonds. The standard InChI is InChI=1S/C15H13N5O3S2/c21-12(19-20-13(22)10-3-1-5-16-10)7-9-8-25-15(17-9)18-14(23)11-4-2-6-24-11/h1-6,8,16H,7H2,(H,19,21)(H,20,22)(H,17,18,23). The highest BCUT2D eigenvalue weighted by atomic mass is 32.1. The molecule has 4 N–H and O–H groups in total. The van der Waals surface area contributed by atoms with Crippen molar-refractivity contribution in [2.75, 3.05) is 5.32 Å². The van der Waals surface area contributed by atoms with Crippen LogP contribution in [0.1, 0.15) is 25.9 Å². The highest BCUT2D eigenvalue weighted by molar-refractivity contribution is 7.14. The third-order valence-corrected chi connectivity index (χ3v) is 4.69. The first-order valence-electron chi connectivity index (χ1n) is 7.13. The van der Waals surface area contributed by atoms with Crippen LogP contribution < -0.4 is 16.2 Å². The second-order valence-corrected chi connectivity index (χ2v) is 6.64. The SMILES string of the molecule is O=C(Cc1csc(NC(=O)c2cccs2)n1)NNC(=O)c1ccc[nH]1. The summed E-state index contributed by atoms with van der Waals surface area (Å²) in [5.74, 6) is -1.10. The number of H-pyrrole nitrogens is 1. The second-order valence-electron chi connectivity index (χ2n) is 4.84. The summed E-state index contributed by atoms with van der Waals surface area (Å²) in [4.78, 5) is 43.0. The summed E-state index contributed by atoms with van der Waals surface area (Å²) in [6.07, 6.45) is 1.59. The normalized spacial score (nSPS) is 10.2. The van der Waals surface area contributed by atoms with Gasteiger partial charge in [0.15, 0.2) is 5.13 Å². The summed E-state index contributed by atoms with van der Waals surface area (Å²) in [5, 5.41) is 6.58. The van der Waals surface area contributed by atoms with E-state index in [-0.39, 0.29) is 12.3 Å². The van der Waals surface area contributed by atoms with Crippen molar-refractivity contribution in [2.24, 2.45) is 0 Å². The molecule has 0 aromatic carbocycles. The number of carbonyl (C=O) groups excluding carboxylic acids is 3. The Bertz CT molecular complexity index is 871. The lowest BCUT2D eigenvalue weighted by Gasteiger charge is -2.05. The van der Waals surface area contributed by atoms with Gasteiger partial charge in [0.2, 0.25) is 5.91 Å². The van der Waals surface area contributed by atoms with Gasteiger partial charge in [-0.05, 0) is 23.6 Å². The van der Waals surface area contributed by atoms with Crippen molar-refractivity contribution >= 4 is 45.5 Å². The summed E-state index contributed by atoms with van der Waals surface area (Å²) < 4.78 is 0. The quantitative estimate of drug-likeness (QED) is 0.509. The first-order valence-corrected chi connectivity index (χ1v) is 8.89. The molecule has 0 aliphatic heterocycles. The maximum absolute atomic E-state index is 11.9. The van der Waals surface area contributed by atoms with E-state index in [0.717, 1.165) is 0 Å². The molecule has 3 rings (SSSR count). The number of thiophene rings is 1. The molecule has 25 heavy (non-hydrogen) atoms. The fraction of sp³-hybridized carbons (Fsp3) is 0.0667. The number of hydrogen-bond donors (Lipinski definition) is 4. The molecular formula is C15H13N5O3S2. The van der Waals surface area contributed by atoms with Gasteiger partial charge in [-0.25, -0.2) is 4.98 Å². The molecular weight excluding hydrogens is 362 g/mol. The molecule has 8 nitrogen and oxygen atoms in total. The van der Waals surface area contributed by atoms with Crippen molar-refractivity contribution in [1.29, 1.82) is 0 Å². The van der Waals surface area contributed by atoms with Gasteiger partial charge in [0, 0.05) is 11.6 Å². The number of amides is 3. The van der Waals surface area contributed by atoms with Gasteiger partial charge in [-0.3, -0.25) is 30.6 Å². The van der Waals surface area contributed by atoms with Crippen molar-refractivity contribution in [3.8, 4) is 0 Å². The molecule has 0 aliphatic rings. The number of nitrogens with zero attached hydrogens (tertiary/aromatic N) is 1. The fourth-order valence-electron chi connectivity index (χ4n) is 1.89. The number of nitrogens with one attached hydrogen (secondary N) is 4. The summed E-state index contributed by atoms with van der Waals surface area (Å²) >= 11 is 2.56. The van der Waals surface area contributed by atoms with Crippen LogP contribution in [0.5, 0.6) is 0 Å². The Morgan fingerprint density at radius 1 is 1.08 bits per heavy atom. The number of aromatic amines is 1. The van der Waals surface area contributed by atoms with E-state index >= 15 is 0 Å². The number of hydrogen-bond acceptors (Lipinski definition) is 6. The number of rotatable bonds is 5. The van der Waals surface area contributed by atoms with Crippen molar-refractivity contribution in [3.63, 3.8) is 0 Å². The average Bonchev–Trinajstić information content (AvgIpc) is 3.34. The van der Waals surface area contributed by atoms with E-state index in [1.807, 2.05) is 5.38 Å². The number of anilines is 1. The molecule has 10 heteroatoms. The zero-order valence-corrected chi connectivity index (χ0v) is 14.4. The molecule has 128 valence electrons. The van der Waals surface area contributed by atoms with Crippen LogP contribution >= 0.6 is 22.7 Å². The number of aromatic nitrogens is 2. The molecule has 0 unspecified atom stereocenters. The molecule has 0 radical (unpaired) electrons. The van der Waals surface area contributed by atoms with Crippen molar-refractivity contribution in [3.05, 3.63) is 57.5 Å². The fourth-order valence-corrected chi connectivity index (χ4v) is 3.21. The Kier molecular flexibility index (Phi) is 5.21. The third-order valence-electron chi connectivity index (χ3n) is 3.02. The van der Waals surface area contributed by atoms with E-state index in [4.69, 9.17) is 0 Å². The van der Waals surface area contributed by atoms with Gasteiger partial charge in [0.25, 0.3) is 11.8 Å². The number of hydrazine groups is 1. The smallest absolute Gasteiger partial charge is 0.286 e. The highest BCUT2D eigenvalue weighted by Crippen LogP contribution is 2.18. The molecule has 3 aromatic heterocycles. The Hall–Kier alpha value is -2.98. The van der Waals surface area contributed by atoms with Crippen molar-refractivity contribution in [2.45, 2.75) is 6.42 Å². The maximum Gasteiger partial charge on any atom is 0.286 e. The predicted molar refractivity (Wildman–Crippen MR) is 94.5 cm³/mol. The van der Waals surface area contributed by atoms with Crippen LogP contribution in [0, 0.1) is 0 Å². The lowest BCUT2D eigenvalue weighted by atomic mass is 10.3. The minimum absolute atomic E-state index is 0.0175. The molecule has 0 fully saturated rings. The minimum atomic E-state index is -0.444. The number of thiazole rings is 1. The summed E-state index contributed by atoms with van der Waals surface area (Å²) in [7, 11) is 0. The molecule has 3 aromatic rings. The molecule has 0 aliphatic carbocycles. The van der Waals surface area contributed by atoms with Crippen LogP contribution in [-0.4, -0.2) is 27.7 Å². The van der Waals surface area contributed by atoms with Gasteiger partial charge >= 0.3 is 0 Å². The summed E-state index contributed by atoms with van der Waals surface area (Å²) in [6, 6.07) is 6.77. The largest absolute Gasteiger partial charge is 0.357 e. The van der Waals surface area contributed by atoms with Crippen molar-refractivity contribution in [1.82, 2.24) is 20.8 Å². The highest BCUT2D eigenvalue weighted by Gasteiger charge is 2.12. The van der Waals surface area contributed by atoms with Gasteiger partial charge in [-0.2, -0.15) is 0 Å². The Morgan fingerprint density at radius 3 is 2.68 bits per heavy atom. The van der Waals surface area contributed by atoms with Crippen LogP contribution in [0.25, 0.3) is 0 Å². The Labute approximate surface area is 150 Å². The number of carbonyl (C=O) groups is 3. The second kappa shape index (κ2) is 7.73. The molecule has 0 saturated heterocycles. The third kappa shape index (κ3) is 4.52. The molecule has 3 heterocycles. The van der Waals surface area contributed by atoms with E-state index in [9.17, 15) is 14.4 Å². The monoisotopic (exact) mass is 375 g/mol. The van der Waals surface area contributed by atoms with Crippen LogP contribution in [0.4, 0.5) is 5.13 Å². The average molecular weight is 375 g/mol. The van der Waals surface area contributed by atoms with Crippen LogP contribution in [0.2, 0.25) is 0 Å². The zero-order chi connectivity index (χ0) is 17.6. The topological polar surface area (TPSA) is 116 Å². The molecule has 0 atom stereocenters. The summed E-state index contributed by atoms with van der Waals surface area (Å²) in [5.41, 5.74) is 5.45. The van der Waals surface area contributed by atoms with E-state index in [0.29, 0.717) is 21.4 Å². The van der Waals surface area contributed by atoms with Gasteiger partial charge in [-0.1, -0.05) is 6.07 Å². The molecule has 0 spiro atoms. The Morgan fingerprint density at radius 2 is 1.96 bits per heavy atom. The first kappa shape index (κ1) is 16.9. The van der Waals surface area contributed by atoms with E-state index in [1.165, 1.54) is 22.7 Å². The van der Waals surface area contributed by atoms with Gasteiger partial charge in [0.05, 0.1) is 17.0 Å². The molecule has 0 bridgehead atoms. The van der Waals surface area contributed by atoms with Crippen LogP contribution in [0.15, 0.2) is 41.2 Å². The maximum atomic E-state index is 11.9. The summed E-state index contributed by atoms with van der Waals surface area (Å²) in [6.45, 7) is 0. The van der Waals surface area contributed by atoms with Crippen LogP contribution in [-0.2, 0) is 11.2 Å². The Balaban J connectivity index is 1.48. The predicted octanol–water partition coefficient (Wildman–Crippen LogP) is 1.79. The van der Waals surface area contributed by atoms with E-state index in [2.05, 4.69) is 26.1 Å². The zero-order valence-electron chi connectivity index (χ0n) is 12.7. The first-order chi connectivity index (χ1) is 12.1. The van der Waals surface area contributed by atoms with Gasteiger partial charge < -0.3 is 4.98 Å². The van der Waals surface area contributed by atoms with Crippen LogP contribution in [0.3, 0.4) is 0 Å². The van der Waals surface area contributed by atoms with Gasteiger partial charge in [-0.15, -0.1) is 22.7 Å².